The Bertz CT molecular complexity index is 608. The summed E-state index contributed by atoms with van der Waals surface area (Å²) in [6.45, 7) is 1.08. The van der Waals surface area contributed by atoms with E-state index >= 15 is 0 Å². The third kappa shape index (κ3) is 3.46. The first-order valence-corrected chi connectivity index (χ1v) is 6.45. The van der Waals surface area contributed by atoms with E-state index in [2.05, 4.69) is 0 Å². The summed E-state index contributed by atoms with van der Waals surface area (Å²) >= 11 is 0. The van der Waals surface area contributed by atoms with Gasteiger partial charge in [0.2, 0.25) is 5.43 Å². The number of ether oxygens (including phenoxy) is 1. The molecule has 0 fully saturated rings. The van der Waals surface area contributed by atoms with Crippen molar-refractivity contribution >= 4 is 0 Å². The second-order valence-electron chi connectivity index (χ2n) is 4.41. The number of aromatic nitrogens is 1. The molecule has 5 heteroatoms. The molecular formula is C15H18N2O3. The second-order valence-corrected chi connectivity index (χ2v) is 4.41. The minimum absolute atomic E-state index is 0.200. The summed E-state index contributed by atoms with van der Waals surface area (Å²) in [5, 5.41) is 9.23. The lowest BCUT2D eigenvalue weighted by Crippen LogP contribution is -2.19. The van der Waals surface area contributed by atoms with Crippen molar-refractivity contribution in [3.05, 3.63) is 64.1 Å². The van der Waals surface area contributed by atoms with E-state index in [1.807, 2.05) is 30.3 Å². The minimum Gasteiger partial charge on any atom is -0.483 e. The fourth-order valence-corrected chi connectivity index (χ4v) is 1.92. The van der Waals surface area contributed by atoms with E-state index in [4.69, 9.17) is 10.5 Å². The largest absolute Gasteiger partial charge is 0.483 e. The van der Waals surface area contributed by atoms with E-state index in [0.29, 0.717) is 25.4 Å². The fraction of sp³-hybridized carbons (Fsp3) is 0.267. The lowest BCUT2D eigenvalue weighted by atomic mass is 10.2. The monoisotopic (exact) mass is 274 g/mol. The van der Waals surface area contributed by atoms with Crippen molar-refractivity contribution in [2.75, 3.05) is 6.54 Å². The Kier molecular flexibility index (Phi) is 4.92. The summed E-state index contributed by atoms with van der Waals surface area (Å²) in [6, 6.07) is 11.0. The first-order valence-electron chi connectivity index (χ1n) is 6.45. The van der Waals surface area contributed by atoms with Gasteiger partial charge < -0.3 is 20.1 Å². The summed E-state index contributed by atoms with van der Waals surface area (Å²) in [5.74, 6) is 0.263. The van der Waals surface area contributed by atoms with Crippen LogP contribution >= 0.6 is 0 Å². The average Bonchev–Trinajstić information content (AvgIpc) is 2.48. The third-order valence-electron chi connectivity index (χ3n) is 2.95. The van der Waals surface area contributed by atoms with Gasteiger partial charge in [0.05, 0.1) is 12.8 Å². The van der Waals surface area contributed by atoms with Gasteiger partial charge in [-0.15, -0.1) is 0 Å². The first-order chi connectivity index (χ1) is 9.74. The zero-order valence-corrected chi connectivity index (χ0v) is 11.2. The van der Waals surface area contributed by atoms with Crippen LogP contribution < -0.4 is 15.9 Å². The van der Waals surface area contributed by atoms with Crippen LogP contribution in [0.4, 0.5) is 0 Å². The molecule has 0 aliphatic rings. The number of nitrogens with two attached hydrogens (primary N) is 1. The zero-order valence-electron chi connectivity index (χ0n) is 11.2. The van der Waals surface area contributed by atoms with Crippen LogP contribution in [0.1, 0.15) is 11.3 Å². The highest BCUT2D eigenvalue weighted by Gasteiger charge is 2.07. The Morgan fingerprint density at radius 1 is 1.25 bits per heavy atom. The Balaban J connectivity index is 2.19. The molecule has 1 heterocycles. The molecule has 0 amide bonds. The third-order valence-corrected chi connectivity index (χ3v) is 2.95. The van der Waals surface area contributed by atoms with E-state index < -0.39 is 0 Å². The van der Waals surface area contributed by atoms with Crippen molar-refractivity contribution in [3.8, 4) is 5.75 Å². The summed E-state index contributed by atoms with van der Waals surface area (Å²) in [4.78, 5) is 11.9. The van der Waals surface area contributed by atoms with Gasteiger partial charge in [0.15, 0.2) is 5.75 Å². The molecule has 0 unspecified atom stereocenters. The van der Waals surface area contributed by atoms with Gasteiger partial charge in [-0.2, -0.15) is 0 Å². The second kappa shape index (κ2) is 6.88. The highest BCUT2D eigenvalue weighted by Crippen LogP contribution is 2.10. The zero-order chi connectivity index (χ0) is 14.4. The van der Waals surface area contributed by atoms with Gasteiger partial charge >= 0.3 is 0 Å². The van der Waals surface area contributed by atoms with Gasteiger partial charge in [0, 0.05) is 24.8 Å². The molecule has 0 aliphatic heterocycles. The summed E-state index contributed by atoms with van der Waals surface area (Å²) in [7, 11) is 0. The first kappa shape index (κ1) is 14.3. The number of nitrogens with zero attached hydrogens (tertiary/aromatic N) is 1. The van der Waals surface area contributed by atoms with Gasteiger partial charge in [0.1, 0.15) is 6.61 Å². The number of hydrogen-bond acceptors (Lipinski definition) is 4. The van der Waals surface area contributed by atoms with Crippen LogP contribution in [0.25, 0.3) is 0 Å². The van der Waals surface area contributed by atoms with Crippen LogP contribution in [-0.4, -0.2) is 16.2 Å². The Morgan fingerprint density at radius 3 is 2.65 bits per heavy atom. The highest BCUT2D eigenvalue weighted by molar-refractivity contribution is 5.23. The molecule has 1 aromatic heterocycles. The van der Waals surface area contributed by atoms with Crippen molar-refractivity contribution < 1.29 is 9.84 Å². The predicted molar refractivity (Wildman–Crippen MR) is 76.5 cm³/mol. The van der Waals surface area contributed by atoms with Crippen molar-refractivity contribution in [3.63, 3.8) is 0 Å². The van der Waals surface area contributed by atoms with Crippen LogP contribution in [0, 0.1) is 0 Å². The molecule has 0 saturated carbocycles. The normalized spacial score (nSPS) is 10.5. The molecule has 106 valence electrons. The molecule has 20 heavy (non-hydrogen) atoms. The van der Waals surface area contributed by atoms with Crippen LogP contribution in [0.2, 0.25) is 0 Å². The summed E-state index contributed by atoms with van der Waals surface area (Å²) < 4.78 is 7.29. The molecule has 0 radical (unpaired) electrons. The maximum absolute atomic E-state index is 11.9. The molecule has 1 aromatic carbocycles. The van der Waals surface area contributed by atoms with E-state index in [9.17, 15) is 9.90 Å². The number of hydrogen-bond donors (Lipinski definition) is 2. The smallest absolute Gasteiger partial charge is 0.223 e. The van der Waals surface area contributed by atoms with Crippen LogP contribution in [-0.2, 0) is 19.8 Å². The number of aliphatic hydroxyl groups excluding tert-OH is 1. The van der Waals surface area contributed by atoms with Crippen molar-refractivity contribution in [1.29, 1.82) is 0 Å². The molecule has 0 aliphatic carbocycles. The van der Waals surface area contributed by atoms with E-state index in [1.54, 1.807) is 10.8 Å². The van der Waals surface area contributed by atoms with Gasteiger partial charge in [-0.05, 0) is 5.56 Å². The number of aliphatic hydroxyl groups is 1. The Labute approximate surface area is 117 Å². The van der Waals surface area contributed by atoms with Gasteiger partial charge in [0.25, 0.3) is 0 Å². The lowest BCUT2D eigenvalue weighted by molar-refractivity contribution is 0.265. The van der Waals surface area contributed by atoms with Gasteiger partial charge in [-0.3, -0.25) is 4.79 Å². The standard InChI is InChI=1S/C15H18N2O3/c16-6-7-17-9-15(14(19)8-13(17)10-18)20-11-12-4-2-1-3-5-12/h1-5,8-9,18H,6-7,10-11,16H2. The molecule has 0 atom stereocenters. The van der Waals surface area contributed by atoms with Crippen molar-refractivity contribution in [2.45, 2.75) is 19.8 Å². The SMILES string of the molecule is NCCn1cc(OCc2ccccc2)c(=O)cc1CO. The Morgan fingerprint density at radius 2 is 2.00 bits per heavy atom. The van der Waals surface area contributed by atoms with Gasteiger partial charge in [-0.25, -0.2) is 0 Å². The maximum Gasteiger partial charge on any atom is 0.223 e. The van der Waals surface area contributed by atoms with E-state index in [1.165, 1.54) is 6.07 Å². The number of benzene rings is 1. The molecule has 0 bridgehead atoms. The lowest BCUT2D eigenvalue weighted by Gasteiger charge is -2.13. The number of pyridine rings is 1. The molecule has 2 aromatic rings. The highest BCUT2D eigenvalue weighted by atomic mass is 16.5. The molecular weight excluding hydrogens is 256 g/mol. The van der Waals surface area contributed by atoms with E-state index in [-0.39, 0.29) is 17.8 Å². The van der Waals surface area contributed by atoms with Crippen LogP contribution in [0.15, 0.2) is 47.4 Å². The van der Waals surface area contributed by atoms with Crippen molar-refractivity contribution in [2.24, 2.45) is 5.73 Å². The molecule has 0 spiro atoms. The topological polar surface area (TPSA) is 77.5 Å². The minimum atomic E-state index is -0.238. The maximum atomic E-state index is 11.9. The fourth-order valence-electron chi connectivity index (χ4n) is 1.92. The quantitative estimate of drug-likeness (QED) is 0.819. The summed E-state index contributed by atoms with van der Waals surface area (Å²) in [5.41, 5.74) is 6.80. The molecule has 0 saturated heterocycles. The number of rotatable bonds is 6. The molecule has 3 N–H and O–H groups in total. The molecule has 2 rings (SSSR count). The van der Waals surface area contributed by atoms with E-state index in [0.717, 1.165) is 5.56 Å². The van der Waals surface area contributed by atoms with Crippen LogP contribution in [0.3, 0.4) is 0 Å². The van der Waals surface area contributed by atoms with Crippen molar-refractivity contribution in [1.82, 2.24) is 4.57 Å². The predicted octanol–water partition coefficient (Wildman–Crippen LogP) is 0.878. The Hall–Kier alpha value is -2.11. The summed E-state index contributed by atoms with van der Waals surface area (Å²) in [6.07, 6.45) is 1.60. The molecule has 5 nitrogen and oxygen atoms in total. The van der Waals surface area contributed by atoms with Gasteiger partial charge in [-0.1, -0.05) is 30.3 Å². The average molecular weight is 274 g/mol. The van der Waals surface area contributed by atoms with Crippen LogP contribution in [0.5, 0.6) is 5.75 Å².